The first-order chi connectivity index (χ1) is 8.79. The van der Waals surface area contributed by atoms with Gasteiger partial charge in [0, 0.05) is 18.8 Å². The van der Waals surface area contributed by atoms with E-state index in [4.69, 9.17) is 21.1 Å². The van der Waals surface area contributed by atoms with Crippen LogP contribution in [0.2, 0.25) is 0 Å². The summed E-state index contributed by atoms with van der Waals surface area (Å²) in [6.45, 7) is 3.39. The van der Waals surface area contributed by atoms with Gasteiger partial charge in [0.2, 0.25) is 0 Å². The van der Waals surface area contributed by atoms with Gasteiger partial charge in [0.25, 0.3) is 0 Å². The molecule has 0 bridgehead atoms. The summed E-state index contributed by atoms with van der Waals surface area (Å²) in [5.41, 5.74) is 1.25. The number of alkyl halides is 1. The van der Waals surface area contributed by atoms with E-state index < -0.39 is 0 Å². The molecule has 1 aliphatic rings. The molecule has 0 unspecified atom stereocenters. The lowest BCUT2D eigenvalue weighted by atomic mass is 10.2. The van der Waals surface area contributed by atoms with Crippen molar-refractivity contribution in [1.29, 1.82) is 0 Å². The summed E-state index contributed by atoms with van der Waals surface area (Å²) in [4.78, 5) is 2.27. The maximum Gasteiger partial charge on any atom is 0.161 e. The summed E-state index contributed by atoms with van der Waals surface area (Å²) >= 11 is 5.70. The highest BCUT2D eigenvalue weighted by atomic mass is 35.5. The predicted molar refractivity (Wildman–Crippen MR) is 73.7 cm³/mol. The molecule has 0 aromatic heterocycles. The Kier molecular flexibility index (Phi) is 5.14. The Morgan fingerprint density at radius 2 is 2.00 bits per heavy atom. The second-order valence-corrected chi connectivity index (χ2v) is 4.99. The minimum absolute atomic E-state index is 0.714. The molecule has 0 N–H and O–H groups in total. The van der Waals surface area contributed by atoms with Crippen molar-refractivity contribution in [3.05, 3.63) is 23.8 Å². The molecule has 1 aromatic rings. The molecule has 2 rings (SSSR count). The van der Waals surface area contributed by atoms with Gasteiger partial charge in [-0.25, -0.2) is 0 Å². The topological polar surface area (TPSA) is 21.7 Å². The molecule has 0 spiro atoms. The summed E-state index contributed by atoms with van der Waals surface area (Å²) in [6.07, 6.45) is 1.96. The van der Waals surface area contributed by atoms with Crippen LogP contribution >= 0.6 is 11.6 Å². The molecule has 18 heavy (non-hydrogen) atoms. The summed E-state index contributed by atoms with van der Waals surface area (Å²) in [5.74, 6) is 2.45. The molecule has 4 heteroatoms. The quantitative estimate of drug-likeness (QED) is 0.767. The van der Waals surface area contributed by atoms with Gasteiger partial charge in [-0.1, -0.05) is 6.07 Å². The van der Waals surface area contributed by atoms with E-state index in [1.807, 2.05) is 6.07 Å². The highest BCUT2D eigenvalue weighted by Crippen LogP contribution is 2.30. The number of ether oxygens (including phenoxy) is 2. The van der Waals surface area contributed by atoms with Gasteiger partial charge in [-0.15, -0.1) is 11.6 Å². The summed E-state index contributed by atoms with van der Waals surface area (Å²) in [5, 5.41) is 0. The third-order valence-corrected chi connectivity index (χ3v) is 3.21. The molecule has 0 saturated carbocycles. The molecule has 0 aliphatic carbocycles. The van der Waals surface area contributed by atoms with Gasteiger partial charge in [-0.05, 0) is 37.7 Å². The van der Waals surface area contributed by atoms with E-state index >= 15 is 0 Å². The summed E-state index contributed by atoms with van der Waals surface area (Å²) < 4.78 is 11.3. The van der Waals surface area contributed by atoms with E-state index in [0.29, 0.717) is 5.88 Å². The predicted octanol–water partition coefficient (Wildman–Crippen LogP) is 2.91. The van der Waals surface area contributed by atoms with Gasteiger partial charge in [0.15, 0.2) is 11.5 Å². The maximum absolute atomic E-state index is 5.70. The number of fused-ring (bicyclic) bond motifs is 1. The van der Waals surface area contributed by atoms with Crippen LogP contribution in [-0.2, 0) is 6.54 Å². The Bertz CT molecular complexity index is 384. The Morgan fingerprint density at radius 1 is 1.22 bits per heavy atom. The fourth-order valence-electron chi connectivity index (χ4n) is 2.03. The lowest BCUT2D eigenvalue weighted by Gasteiger charge is -2.17. The zero-order valence-electron chi connectivity index (χ0n) is 10.8. The van der Waals surface area contributed by atoms with E-state index in [1.54, 1.807) is 0 Å². The number of nitrogens with zero attached hydrogens (tertiary/aromatic N) is 1. The van der Waals surface area contributed by atoms with E-state index in [2.05, 4.69) is 24.1 Å². The minimum Gasteiger partial charge on any atom is -0.490 e. The average Bonchev–Trinajstić information content (AvgIpc) is 2.61. The Morgan fingerprint density at radius 3 is 2.78 bits per heavy atom. The molecule has 100 valence electrons. The van der Waals surface area contributed by atoms with Crippen molar-refractivity contribution in [2.75, 3.05) is 32.7 Å². The molecule has 1 aliphatic heterocycles. The lowest BCUT2D eigenvalue weighted by Crippen LogP contribution is -2.19. The first-order valence-corrected chi connectivity index (χ1v) is 6.96. The van der Waals surface area contributed by atoms with Crippen molar-refractivity contribution in [3.8, 4) is 11.5 Å². The van der Waals surface area contributed by atoms with Gasteiger partial charge in [0.1, 0.15) is 0 Å². The van der Waals surface area contributed by atoms with Gasteiger partial charge in [0.05, 0.1) is 13.2 Å². The van der Waals surface area contributed by atoms with Crippen molar-refractivity contribution < 1.29 is 9.47 Å². The van der Waals surface area contributed by atoms with Crippen LogP contribution in [0.4, 0.5) is 0 Å². The van der Waals surface area contributed by atoms with Crippen molar-refractivity contribution in [3.63, 3.8) is 0 Å². The fourth-order valence-corrected chi connectivity index (χ4v) is 2.15. The van der Waals surface area contributed by atoms with Crippen LogP contribution in [0, 0.1) is 0 Å². The smallest absolute Gasteiger partial charge is 0.161 e. The second-order valence-electron chi connectivity index (χ2n) is 4.61. The molecule has 0 atom stereocenters. The van der Waals surface area contributed by atoms with Crippen molar-refractivity contribution in [2.45, 2.75) is 19.4 Å². The third kappa shape index (κ3) is 3.79. The number of hydrogen-bond donors (Lipinski definition) is 0. The highest BCUT2D eigenvalue weighted by Gasteiger charge is 2.11. The van der Waals surface area contributed by atoms with E-state index in [1.165, 1.54) is 5.56 Å². The standard InChI is InChI=1S/C14H20ClNO2/c1-16(7-2-6-15)11-12-4-5-13-14(10-12)18-9-3-8-17-13/h4-5,10H,2-3,6-9,11H2,1H3. The van der Waals surface area contributed by atoms with Crippen LogP contribution in [0.3, 0.4) is 0 Å². The third-order valence-electron chi connectivity index (χ3n) is 2.94. The number of hydrogen-bond acceptors (Lipinski definition) is 3. The molecule has 0 fully saturated rings. The molecule has 3 nitrogen and oxygen atoms in total. The molecular formula is C14H20ClNO2. The molecular weight excluding hydrogens is 250 g/mol. The largest absolute Gasteiger partial charge is 0.490 e. The number of rotatable bonds is 5. The number of halogens is 1. The van der Waals surface area contributed by atoms with Crippen LogP contribution in [0.15, 0.2) is 18.2 Å². The van der Waals surface area contributed by atoms with Gasteiger partial charge < -0.3 is 14.4 Å². The summed E-state index contributed by atoms with van der Waals surface area (Å²) in [6, 6.07) is 6.19. The van der Waals surface area contributed by atoms with Crippen molar-refractivity contribution in [2.24, 2.45) is 0 Å². The maximum atomic E-state index is 5.70. The van der Waals surface area contributed by atoms with Crippen LogP contribution in [0.25, 0.3) is 0 Å². The summed E-state index contributed by atoms with van der Waals surface area (Å²) in [7, 11) is 2.11. The van der Waals surface area contributed by atoms with Crippen LogP contribution in [-0.4, -0.2) is 37.6 Å². The molecule has 1 aromatic carbocycles. The van der Waals surface area contributed by atoms with E-state index in [-0.39, 0.29) is 0 Å². The molecule has 0 radical (unpaired) electrons. The number of benzene rings is 1. The van der Waals surface area contributed by atoms with Crippen LogP contribution < -0.4 is 9.47 Å². The van der Waals surface area contributed by atoms with Crippen LogP contribution in [0.1, 0.15) is 18.4 Å². The van der Waals surface area contributed by atoms with Crippen molar-refractivity contribution in [1.82, 2.24) is 4.90 Å². The van der Waals surface area contributed by atoms with E-state index in [0.717, 1.165) is 50.6 Å². The molecule has 0 saturated heterocycles. The Labute approximate surface area is 114 Å². The second kappa shape index (κ2) is 6.86. The zero-order valence-corrected chi connectivity index (χ0v) is 11.6. The first-order valence-electron chi connectivity index (χ1n) is 6.42. The normalized spacial score (nSPS) is 14.6. The van der Waals surface area contributed by atoms with Gasteiger partial charge in [-0.3, -0.25) is 0 Å². The first kappa shape index (κ1) is 13.5. The monoisotopic (exact) mass is 269 g/mol. The van der Waals surface area contributed by atoms with Crippen LogP contribution in [0.5, 0.6) is 11.5 Å². The SMILES string of the molecule is CN(CCCCl)Cc1ccc2c(c1)OCCCO2. The Hall–Kier alpha value is -0.930. The minimum atomic E-state index is 0.714. The molecule has 0 amide bonds. The van der Waals surface area contributed by atoms with Gasteiger partial charge >= 0.3 is 0 Å². The average molecular weight is 270 g/mol. The Balaban J connectivity index is 1.99. The van der Waals surface area contributed by atoms with Crippen molar-refractivity contribution >= 4 is 11.6 Å². The highest BCUT2D eigenvalue weighted by molar-refractivity contribution is 6.17. The lowest BCUT2D eigenvalue weighted by molar-refractivity contribution is 0.296. The zero-order chi connectivity index (χ0) is 12.8. The molecule has 1 heterocycles. The fraction of sp³-hybridized carbons (Fsp3) is 0.571. The van der Waals surface area contributed by atoms with Gasteiger partial charge in [-0.2, -0.15) is 0 Å². The van der Waals surface area contributed by atoms with E-state index in [9.17, 15) is 0 Å².